The van der Waals surface area contributed by atoms with Crippen LogP contribution in [0, 0.1) is 5.82 Å². The predicted octanol–water partition coefficient (Wildman–Crippen LogP) is 3.26. The first-order valence-corrected chi connectivity index (χ1v) is 7.39. The molecule has 1 rings (SSSR count). The summed E-state index contributed by atoms with van der Waals surface area (Å²) in [5.74, 6) is -0.181. The number of hydrogen-bond donors (Lipinski definition) is 2. The molecule has 0 saturated heterocycles. The molecule has 0 bridgehead atoms. The molecule has 0 aromatic heterocycles. The Morgan fingerprint density at radius 2 is 1.95 bits per heavy atom. The molecule has 0 heterocycles. The minimum atomic E-state index is -0.881. The Bertz CT molecular complexity index is 405. The average molecular weight is 283 g/mol. The van der Waals surface area contributed by atoms with E-state index in [0.29, 0.717) is 19.4 Å². The van der Waals surface area contributed by atoms with Crippen LogP contribution in [0.5, 0.6) is 5.75 Å². The van der Waals surface area contributed by atoms with Crippen molar-refractivity contribution in [3.63, 3.8) is 0 Å². The van der Waals surface area contributed by atoms with Crippen LogP contribution in [0.15, 0.2) is 18.2 Å². The largest absolute Gasteiger partial charge is 0.488 e. The number of ether oxygens (including phenoxy) is 1. The second-order valence-electron chi connectivity index (χ2n) is 5.16. The molecule has 0 unspecified atom stereocenters. The van der Waals surface area contributed by atoms with E-state index < -0.39 is 5.60 Å². The third-order valence-corrected chi connectivity index (χ3v) is 3.56. The average Bonchev–Trinajstić information content (AvgIpc) is 2.46. The summed E-state index contributed by atoms with van der Waals surface area (Å²) in [6, 6.07) is 4.96. The molecule has 0 saturated carbocycles. The smallest absolute Gasteiger partial charge is 0.165 e. The molecule has 3 nitrogen and oxygen atoms in total. The summed E-state index contributed by atoms with van der Waals surface area (Å²) in [4.78, 5) is 0. The van der Waals surface area contributed by atoms with E-state index in [1.165, 1.54) is 6.07 Å². The van der Waals surface area contributed by atoms with Gasteiger partial charge in [0, 0.05) is 6.54 Å². The molecular weight excluding hydrogens is 257 g/mol. The summed E-state index contributed by atoms with van der Waals surface area (Å²) in [6.07, 6.45) is 2.23. The molecule has 0 amide bonds. The van der Waals surface area contributed by atoms with Gasteiger partial charge in [0.15, 0.2) is 11.6 Å². The summed E-state index contributed by atoms with van der Waals surface area (Å²) in [7, 11) is 0. The van der Waals surface area contributed by atoms with Crippen molar-refractivity contribution in [1.82, 2.24) is 5.32 Å². The number of nitrogens with one attached hydrogen (secondary N) is 1. The van der Waals surface area contributed by atoms with Gasteiger partial charge in [0.1, 0.15) is 6.61 Å². The zero-order valence-electron chi connectivity index (χ0n) is 12.7. The topological polar surface area (TPSA) is 41.5 Å². The van der Waals surface area contributed by atoms with Gasteiger partial charge < -0.3 is 15.2 Å². The summed E-state index contributed by atoms with van der Waals surface area (Å²) in [6.45, 7) is 7.56. The van der Waals surface area contributed by atoms with Gasteiger partial charge in [0.25, 0.3) is 0 Å². The lowest BCUT2D eigenvalue weighted by atomic mass is 9.99. The number of halogens is 1. The number of rotatable bonds is 9. The van der Waals surface area contributed by atoms with Crippen LogP contribution in [-0.2, 0) is 6.54 Å². The first-order chi connectivity index (χ1) is 9.54. The molecule has 0 atom stereocenters. The summed E-state index contributed by atoms with van der Waals surface area (Å²) < 4.78 is 19.3. The molecule has 1 aromatic rings. The second-order valence-corrected chi connectivity index (χ2v) is 5.16. The third-order valence-electron chi connectivity index (χ3n) is 3.56. The first kappa shape index (κ1) is 16.9. The van der Waals surface area contributed by atoms with Crippen LogP contribution in [0.25, 0.3) is 0 Å². The molecule has 0 aliphatic rings. The lowest BCUT2D eigenvalue weighted by molar-refractivity contribution is -0.0123. The van der Waals surface area contributed by atoms with Gasteiger partial charge in [0.2, 0.25) is 0 Å². The highest BCUT2D eigenvalue weighted by Crippen LogP contribution is 2.22. The quantitative estimate of drug-likeness (QED) is 0.684. The standard InChI is InChI=1S/C16H26FNO2/c1-4-9-18-11-13-7-8-15(14(17)10-13)20-12-16(19,5-2)6-3/h7-8,10,18-19H,4-6,9,11-12H2,1-3H3. The maximum absolute atomic E-state index is 13.9. The Morgan fingerprint density at radius 1 is 1.25 bits per heavy atom. The zero-order chi connectivity index (χ0) is 15.0. The van der Waals surface area contributed by atoms with E-state index in [9.17, 15) is 9.50 Å². The summed E-state index contributed by atoms with van der Waals surface area (Å²) >= 11 is 0. The Morgan fingerprint density at radius 3 is 2.50 bits per heavy atom. The molecule has 114 valence electrons. The molecule has 4 heteroatoms. The molecule has 20 heavy (non-hydrogen) atoms. The molecule has 0 aliphatic heterocycles. The fraction of sp³-hybridized carbons (Fsp3) is 0.625. The van der Waals surface area contributed by atoms with Crippen LogP contribution in [0.4, 0.5) is 4.39 Å². The molecule has 0 aliphatic carbocycles. The van der Waals surface area contributed by atoms with Gasteiger partial charge in [-0.1, -0.05) is 26.8 Å². The van der Waals surface area contributed by atoms with Gasteiger partial charge in [-0.05, 0) is 43.5 Å². The maximum atomic E-state index is 13.9. The van der Waals surface area contributed by atoms with Crippen molar-refractivity contribution in [3.05, 3.63) is 29.6 Å². The van der Waals surface area contributed by atoms with E-state index in [0.717, 1.165) is 18.5 Å². The van der Waals surface area contributed by atoms with Crippen LogP contribution in [0.1, 0.15) is 45.6 Å². The highest BCUT2D eigenvalue weighted by atomic mass is 19.1. The highest BCUT2D eigenvalue weighted by molar-refractivity contribution is 5.29. The van der Waals surface area contributed by atoms with Crippen LogP contribution in [-0.4, -0.2) is 23.9 Å². The minimum absolute atomic E-state index is 0.115. The third kappa shape index (κ3) is 5.10. The lowest BCUT2D eigenvalue weighted by Gasteiger charge is -2.25. The van der Waals surface area contributed by atoms with Gasteiger partial charge in [-0.2, -0.15) is 0 Å². The van der Waals surface area contributed by atoms with Crippen molar-refractivity contribution in [3.8, 4) is 5.75 Å². The van der Waals surface area contributed by atoms with Gasteiger partial charge >= 0.3 is 0 Å². The zero-order valence-corrected chi connectivity index (χ0v) is 12.7. The molecule has 0 radical (unpaired) electrons. The molecular formula is C16H26FNO2. The molecule has 0 fully saturated rings. The van der Waals surface area contributed by atoms with Crippen molar-refractivity contribution >= 4 is 0 Å². The predicted molar refractivity (Wildman–Crippen MR) is 79.4 cm³/mol. The van der Waals surface area contributed by atoms with E-state index in [4.69, 9.17) is 4.74 Å². The molecule has 0 spiro atoms. The first-order valence-electron chi connectivity index (χ1n) is 7.39. The highest BCUT2D eigenvalue weighted by Gasteiger charge is 2.23. The number of aliphatic hydroxyl groups is 1. The fourth-order valence-electron chi connectivity index (χ4n) is 1.85. The van der Waals surface area contributed by atoms with Crippen LogP contribution < -0.4 is 10.1 Å². The molecule has 1 aromatic carbocycles. The van der Waals surface area contributed by atoms with Crippen molar-refractivity contribution in [2.75, 3.05) is 13.2 Å². The Balaban J connectivity index is 2.59. The lowest BCUT2D eigenvalue weighted by Crippen LogP contribution is -2.34. The van der Waals surface area contributed by atoms with Gasteiger partial charge in [-0.25, -0.2) is 4.39 Å². The van der Waals surface area contributed by atoms with Crippen LogP contribution in [0.2, 0.25) is 0 Å². The Hall–Kier alpha value is -1.13. The minimum Gasteiger partial charge on any atom is -0.488 e. The molecule has 2 N–H and O–H groups in total. The second kappa shape index (κ2) is 8.22. The van der Waals surface area contributed by atoms with Crippen molar-refractivity contribution in [1.29, 1.82) is 0 Å². The van der Waals surface area contributed by atoms with Crippen molar-refractivity contribution in [2.45, 2.75) is 52.2 Å². The van der Waals surface area contributed by atoms with Gasteiger partial charge in [-0.3, -0.25) is 0 Å². The Labute approximate surface area is 121 Å². The Kier molecular flexibility index (Phi) is 6.96. The van der Waals surface area contributed by atoms with E-state index in [1.54, 1.807) is 6.07 Å². The number of hydrogen-bond acceptors (Lipinski definition) is 3. The summed E-state index contributed by atoms with van der Waals surface area (Å²) in [5, 5.41) is 13.3. The van der Waals surface area contributed by atoms with Crippen molar-refractivity contribution in [2.24, 2.45) is 0 Å². The number of benzene rings is 1. The monoisotopic (exact) mass is 283 g/mol. The van der Waals surface area contributed by atoms with Gasteiger partial charge in [-0.15, -0.1) is 0 Å². The fourth-order valence-corrected chi connectivity index (χ4v) is 1.85. The van der Waals surface area contributed by atoms with Gasteiger partial charge in [0.05, 0.1) is 5.60 Å². The van der Waals surface area contributed by atoms with E-state index in [-0.39, 0.29) is 18.2 Å². The van der Waals surface area contributed by atoms with Crippen LogP contribution in [0.3, 0.4) is 0 Å². The summed E-state index contributed by atoms with van der Waals surface area (Å²) in [5.41, 5.74) is 0.0119. The SMILES string of the molecule is CCCNCc1ccc(OCC(O)(CC)CC)c(F)c1. The normalized spacial score (nSPS) is 11.7. The van der Waals surface area contributed by atoms with E-state index >= 15 is 0 Å². The van der Waals surface area contributed by atoms with E-state index in [1.807, 2.05) is 19.9 Å². The van der Waals surface area contributed by atoms with E-state index in [2.05, 4.69) is 12.2 Å². The maximum Gasteiger partial charge on any atom is 0.165 e. The van der Waals surface area contributed by atoms with Crippen molar-refractivity contribution < 1.29 is 14.2 Å². The van der Waals surface area contributed by atoms with Crippen LogP contribution >= 0.6 is 0 Å².